The largest absolute Gasteiger partial charge is 0.339 e. The Morgan fingerprint density at radius 2 is 2.14 bits per heavy atom. The molecule has 1 aliphatic rings. The lowest BCUT2D eigenvalue weighted by atomic mass is 9.84. The van der Waals surface area contributed by atoms with E-state index in [0.29, 0.717) is 0 Å². The molecule has 0 saturated carbocycles. The lowest BCUT2D eigenvalue weighted by Gasteiger charge is -2.20. The Labute approximate surface area is 129 Å². The van der Waals surface area contributed by atoms with Crippen LogP contribution >= 0.6 is 11.8 Å². The van der Waals surface area contributed by atoms with Crippen LogP contribution in [0.5, 0.6) is 0 Å². The second-order valence-electron chi connectivity index (χ2n) is 5.68. The summed E-state index contributed by atoms with van der Waals surface area (Å²) in [5.41, 5.74) is 1.32. The van der Waals surface area contributed by atoms with Gasteiger partial charge in [-0.3, -0.25) is 0 Å². The van der Waals surface area contributed by atoms with Gasteiger partial charge >= 0.3 is 0 Å². The number of hydrogen-bond acceptors (Lipinski definition) is 5. The van der Waals surface area contributed by atoms with Crippen molar-refractivity contribution >= 4 is 11.8 Å². The molecular formula is C16H21N3OS. The highest BCUT2D eigenvalue weighted by Gasteiger charge is 2.39. The first kappa shape index (κ1) is 14.6. The number of thioether (sulfide) groups is 1. The molecule has 5 heteroatoms. The van der Waals surface area contributed by atoms with Crippen LogP contribution in [0.15, 0.2) is 33.7 Å². The number of rotatable bonds is 5. The Balaban J connectivity index is 1.66. The Kier molecular flexibility index (Phi) is 4.31. The van der Waals surface area contributed by atoms with E-state index in [1.807, 2.05) is 0 Å². The van der Waals surface area contributed by atoms with Crippen LogP contribution in [0, 0.1) is 6.92 Å². The Bertz CT molecular complexity index is 588. The first-order valence-electron chi connectivity index (χ1n) is 7.45. The Morgan fingerprint density at radius 1 is 1.33 bits per heavy atom. The van der Waals surface area contributed by atoms with Crippen LogP contribution in [0.4, 0.5) is 0 Å². The minimum atomic E-state index is 0.0414. The maximum absolute atomic E-state index is 5.54. The van der Waals surface area contributed by atoms with Crippen molar-refractivity contribution in [3.8, 4) is 0 Å². The van der Waals surface area contributed by atoms with E-state index in [1.54, 1.807) is 11.8 Å². The van der Waals surface area contributed by atoms with Crippen molar-refractivity contribution in [3.63, 3.8) is 0 Å². The summed E-state index contributed by atoms with van der Waals surface area (Å²) in [6.07, 6.45) is 2.11. The molecule has 1 aliphatic heterocycles. The van der Waals surface area contributed by atoms with Crippen LogP contribution in [0.2, 0.25) is 0 Å². The second kappa shape index (κ2) is 6.20. The molecule has 0 radical (unpaired) electrons. The third-order valence-electron chi connectivity index (χ3n) is 4.23. The minimum absolute atomic E-state index is 0.0414. The molecule has 112 valence electrons. The Morgan fingerprint density at radius 3 is 2.81 bits per heavy atom. The van der Waals surface area contributed by atoms with Crippen molar-refractivity contribution in [3.05, 3.63) is 41.5 Å². The molecule has 3 rings (SSSR count). The fraction of sp³-hybridized carbons (Fsp3) is 0.500. The maximum Gasteiger partial charge on any atom is 0.234 e. The lowest BCUT2D eigenvalue weighted by molar-refractivity contribution is 0.284. The van der Waals surface area contributed by atoms with Gasteiger partial charge in [-0.25, -0.2) is 0 Å². The molecule has 4 nitrogen and oxygen atoms in total. The van der Waals surface area contributed by atoms with Crippen LogP contribution in [0.1, 0.15) is 37.0 Å². The Hall–Kier alpha value is -1.33. The van der Waals surface area contributed by atoms with E-state index in [9.17, 15) is 0 Å². The topological polar surface area (TPSA) is 51.0 Å². The highest BCUT2D eigenvalue weighted by molar-refractivity contribution is 7.98. The first-order chi connectivity index (χ1) is 10.2. The van der Waals surface area contributed by atoms with E-state index < -0.39 is 0 Å². The minimum Gasteiger partial charge on any atom is -0.339 e. The quantitative estimate of drug-likeness (QED) is 0.859. The van der Waals surface area contributed by atoms with E-state index in [4.69, 9.17) is 4.52 Å². The van der Waals surface area contributed by atoms with Crippen LogP contribution in [-0.4, -0.2) is 23.2 Å². The first-order valence-corrected chi connectivity index (χ1v) is 8.44. The maximum atomic E-state index is 5.54. The second-order valence-corrected chi connectivity index (χ2v) is 6.73. The molecule has 0 aliphatic carbocycles. The zero-order valence-corrected chi connectivity index (χ0v) is 13.4. The van der Waals surface area contributed by atoms with Gasteiger partial charge in [0.25, 0.3) is 0 Å². The summed E-state index contributed by atoms with van der Waals surface area (Å²) in [6, 6.07) is 8.52. The van der Waals surface area contributed by atoms with Gasteiger partial charge in [0, 0.05) is 11.4 Å². The van der Waals surface area contributed by atoms with E-state index in [2.05, 4.69) is 53.6 Å². The summed E-state index contributed by atoms with van der Waals surface area (Å²) in [7, 11) is 0. The van der Waals surface area contributed by atoms with Crippen LogP contribution in [0.3, 0.4) is 0 Å². The van der Waals surface area contributed by atoms with Gasteiger partial charge in [-0.1, -0.05) is 29.8 Å². The average molecular weight is 303 g/mol. The molecule has 0 spiro atoms. The van der Waals surface area contributed by atoms with Gasteiger partial charge in [0.2, 0.25) is 5.89 Å². The molecule has 1 fully saturated rings. The summed E-state index contributed by atoms with van der Waals surface area (Å²) in [6.45, 7) is 6.26. The molecule has 2 heterocycles. The van der Waals surface area contributed by atoms with Crippen LogP contribution in [-0.2, 0) is 11.2 Å². The van der Waals surface area contributed by atoms with Gasteiger partial charge in [0.05, 0.1) is 11.2 Å². The van der Waals surface area contributed by atoms with Crippen molar-refractivity contribution in [1.29, 1.82) is 0 Å². The number of nitrogens with one attached hydrogen (secondary N) is 1. The molecule has 1 atom stereocenters. The van der Waals surface area contributed by atoms with Gasteiger partial charge in [-0.05, 0) is 38.4 Å². The van der Waals surface area contributed by atoms with Gasteiger partial charge in [-0.15, -0.1) is 11.8 Å². The third-order valence-corrected chi connectivity index (χ3v) is 5.24. The van der Waals surface area contributed by atoms with E-state index in [-0.39, 0.29) is 5.41 Å². The molecule has 1 aromatic carbocycles. The number of aryl methyl sites for hydroxylation is 1. The normalized spacial score (nSPS) is 21.8. The standard InChI is InChI=1S/C16H21N3OS/c1-3-16(8-9-17-11-16)15-18-14(19-20-15)10-21-13-6-4-12(2)5-7-13/h4-7,17H,3,8-11H2,1-2H3. The average Bonchev–Trinajstić information content (AvgIpc) is 3.16. The number of hydrogen-bond donors (Lipinski definition) is 1. The van der Waals surface area contributed by atoms with Crippen molar-refractivity contribution in [2.24, 2.45) is 0 Å². The summed E-state index contributed by atoms with van der Waals surface area (Å²) < 4.78 is 5.54. The molecular weight excluding hydrogens is 282 g/mol. The van der Waals surface area contributed by atoms with E-state index >= 15 is 0 Å². The fourth-order valence-corrected chi connectivity index (χ4v) is 3.43. The molecule has 0 amide bonds. The summed E-state index contributed by atoms with van der Waals surface area (Å²) in [5, 5.41) is 7.55. The molecule has 21 heavy (non-hydrogen) atoms. The highest BCUT2D eigenvalue weighted by Crippen LogP contribution is 2.33. The summed E-state index contributed by atoms with van der Waals surface area (Å²) in [5.74, 6) is 2.34. The molecule has 1 aromatic heterocycles. The van der Waals surface area contributed by atoms with Gasteiger partial charge in [-0.2, -0.15) is 4.98 Å². The van der Waals surface area contributed by atoms with Crippen molar-refractivity contribution in [1.82, 2.24) is 15.5 Å². The zero-order chi connectivity index (χ0) is 14.7. The van der Waals surface area contributed by atoms with Crippen molar-refractivity contribution in [2.75, 3.05) is 13.1 Å². The molecule has 2 aromatic rings. The van der Waals surface area contributed by atoms with E-state index in [0.717, 1.165) is 43.4 Å². The highest BCUT2D eigenvalue weighted by atomic mass is 32.2. The van der Waals surface area contributed by atoms with Crippen molar-refractivity contribution in [2.45, 2.75) is 42.8 Å². The molecule has 1 N–H and O–H groups in total. The third kappa shape index (κ3) is 3.14. The zero-order valence-electron chi connectivity index (χ0n) is 12.6. The van der Waals surface area contributed by atoms with Crippen molar-refractivity contribution < 1.29 is 4.52 Å². The summed E-state index contributed by atoms with van der Waals surface area (Å²) in [4.78, 5) is 5.87. The number of benzene rings is 1. The molecule has 0 bridgehead atoms. The number of aromatic nitrogens is 2. The molecule has 1 saturated heterocycles. The fourth-order valence-electron chi connectivity index (χ4n) is 2.69. The van der Waals surface area contributed by atoms with Gasteiger partial charge in [0.1, 0.15) is 0 Å². The smallest absolute Gasteiger partial charge is 0.234 e. The molecule has 1 unspecified atom stereocenters. The lowest BCUT2D eigenvalue weighted by Crippen LogP contribution is -2.28. The van der Waals surface area contributed by atoms with Crippen LogP contribution < -0.4 is 5.32 Å². The van der Waals surface area contributed by atoms with E-state index in [1.165, 1.54) is 10.5 Å². The summed E-state index contributed by atoms with van der Waals surface area (Å²) >= 11 is 1.74. The van der Waals surface area contributed by atoms with Gasteiger partial charge in [0.15, 0.2) is 5.82 Å². The monoisotopic (exact) mass is 303 g/mol. The number of nitrogens with zero attached hydrogens (tertiary/aromatic N) is 2. The predicted octanol–water partition coefficient (Wildman–Crippen LogP) is 3.31. The van der Waals surface area contributed by atoms with Crippen LogP contribution in [0.25, 0.3) is 0 Å². The predicted molar refractivity (Wildman–Crippen MR) is 84.5 cm³/mol. The SMILES string of the molecule is CCC1(c2nc(CSc3ccc(C)cc3)no2)CCNC1. The van der Waals surface area contributed by atoms with Gasteiger partial charge < -0.3 is 9.84 Å².